The summed E-state index contributed by atoms with van der Waals surface area (Å²) in [5.41, 5.74) is 1.19. The fraction of sp³-hybridized carbons (Fsp3) is 0.560. The molecule has 4 nitrogen and oxygen atoms in total. The number of nitrogens with one attached hydrogen (secondary N) is 1. The van der Waals surface area contributed by atoms with Crippen molar-refractivity contribution in [2.24, 2.45) is 5.92 Å². The van der Waals surface area contributed by atoms with Crippen LogP contribution < -0.4 is 5.32 Å². The quantitative estimate of drug-likeness (QED) is 0.798. The zero-order chi connectivity index (χ0) is 20.1. The predicted octanol–water partition coefficient (Wildman–Crippen LogP) is 4.21. The molecule has 1 atom stereocenters. The lowest BCUT2D eigenvalue weighted by Crippen LogP contribution is -2.50. The van der Waals surface area contributed by atoms with Gasteiger partial charge in [0.15, 0.2) is 0 Å². The molecule has 2 aromatic carbocycles. The van der Waals surface area contributed by atoms with Gasteiger partial charge in [-0.25, -0.2) is 0 Å². The normalized spacial score (nSPS) is 20.6. The number of amides is 1. The van der Waals surface area contributed by atoms with Crippen LogP contribution in [0.4, 0.5) is 0 Å². The van der Waals surface area contributed by atoms with Crippen molar-refractivity contribution in [1.82, 2.24) is 15.1 Å². The molecule has 1 N–H and O–H groups in total. The summed E-state index contributed by atoms with van der Waals surface area (Å²) in [6, 6.07) is 14.7. The second-order valence-electron chi connectivity index (χ2n) is 8.94. The minimum Gasteiger partial charge on any atom is -0.348 e. The van der Waals surface area contributed by atoms with Gasteiger partial charge in [0.25, 0.3) is 0 Å². The number of hydrogen-bond donors (Lipinski definition) is 1. The van der Waals surface area contributed by atoms with E-state index in [1.54, 1.807) is 0 Å². The first-order chi connectivity index (χ1) is 14.2. The Labute approximate surface area is 175 Å². The van der Waals surface area contributed by atoms with Gasteiger partial charge in [0.05, 0.1) is 12.6 Å². The number of carbonyl (C=O) groups is 1. The SMILES string of the molecule is CC(NC(=O)CN1CCN(CC2CCCCC2)CC1)c1cccc2ccccc12. The maximum Gasteiger partial charge on any atom is 0.234 e. The molecule has 2 fully saturated rings. The molecule has 156 valence electrons. The van der Waals surface area contributed by atoms with Crippen LogP contribution in [0.2, 0.25) is 0 Å². The summed E-state index contributed by atoms with van der Waals surface area (Å²) in [4.78, 5) is 17.6. The lowest BCUT2D eigenvalue weighted by Gasteiger charge is -2.37. The molecule has 29 heavy (non-hydrogen) atoms. The third-order valence-electron chi connectivity index (χ3n) is 6.74. The first-order valence-electron chi connectivity index (χ1n) is 11.4. The Bertz CT molecular complexity index is 801. The highest BCUT2D eigenvalue weighted by molar-refractivity contribution is 5.87. The molecule has 1 aliphatic heterocycles. The smallest absolute Gasteiger partial charge is 0.234 e. The summed E-state index contributed by atoms with van der Waals surface area (Å²) in [6.07, 6.45) is 7.08. The first-order valence-corrected chi connectivity index (χ1v) is 11.4. The second-order valence-corrected chi connectivity index (χ2v) is 8.94. The molecule has 0 radical (unpaired) electrons. The predicted molar refractivity (Wildman–Crippen MR) is 120 cm³/mol. The van der Waals surface area contributed by atoms with Crippen LogP contribution in [0.15, 0.2) is 42.5 Å². The number of rotatable bonds is 6. The minimum atomic E-state index is 0.0150. The van der Waals surface area contributed by atoms with Crippen molar-refractivity contribution in [1.29, 1.82) is 0 Å². The van der Waals surface area contributed by atoms with Crippen molar-refractivity contribution in [3.63, 3.8) is 0 Å². The largest absolute Gasteiger partial charge is 0.348 e. The number of benzene rings is 2. The van der Waals surface area contributed by atoms with Crippen LogP contribution >= 0.6 is 0 Å². The van der Waals surface area contributed by atoms with E-state index in [9.17, 15) is 4.79 Å². The fourth-order valence-electron chi connectivity index (χ4n) is 5.06. The van der Waals surface area contributed by atoms with Crippen molar-refractivity contribution in [2.75, 3.05) is 39.3 Å². The molecule has 4 rings (SSSR count). The van der Waals surface area contributed by atoms with Gasteiger partial charge in [0.1, 0.15) is 0 Å². The molecule has 1 heterocycles. The maximum atomic E-state index is 12.7. The Balaban J connectivity index is 1.24. The Morgan fingerprint density at radius 2 is 1.66 bits per heavy atom. The van der Waals surface area contributed by atoms with Crippen molar-refractivity contribution in [3.8, 4) is 0 Å². The number of fused-ring (bicyclic) bond motifs is 1. The topological polar surface area (TPSA) is 35.6 Å². The van der Waals surface area contributed by atoms with E-state index in [0.717, 1.165) is 32.1 Å². The van der Waals surface area contributed by atoms with Gasteiger partial charge in [-0.1, -0.05) is 61.7 Å². The lowest BCUT2D eigenvalue weighted by atomic mass is 9.89. The molecule has 0 bridgehead atoms. The average molecular weight is 394 g/mol. The second kappa shape index (κ2) is 9.73. The number of hydrogen-bond acceptors (Lipinski definition) is 3. The molecule has 1 amide bonds. The summed E-state index contributed by atoms with van der Waals surface area (Å²) in [6.45, 7) is 8.06. The maximum absolute atomic E-state index is 12.7. The van der Waals surface area contributed by atoms with Crippen LogP contribution in [0.1, 0.15) is 50.6 Å². The van der Waals surface area contributed by atoms with Crippen LogP contribution in [0.3, 0.4) is 0 Å². The zero-order valence-corrected chi connectivity index (χ0v) is 17.8. The summed E-state index contributed by atoms with van der Waals surface area (Å²) in [5, 5.41) is 5.66. The summed E-state index contributed by atoms with van der Waals surface area (Å²) < 4.78 is 0. The van der Waals surface area contributed by atoms with E-state index >= 15 is 0 Å². The van der Waals surface area contributed by atoms with Crippen molar-refractivity contribution >= 4 is 16.7 Å². The number of carbonyl (C=O) groups excluding carboxylic acids is 1. The highest BCUT2D eigenvalue weighted by atomic mass is 16.2. The summed E-state index contributed by atoms with van der Waals surface area (Å²) >= 11 is 0. The minimum absolute atomic E-state index is 0.0150. The van der Waals surface area contributed by atoms with Gasteiger partial charge in [-0.2, -0.15) is 0 Å². The highest BCUT2D eigenvalue weighted by Gasteiger charge is 2.23. The van der Waals surface area contributed by atoms with Gasteiger partial charge >= 0.3 is 0 Å². The van der Waals surface area contributed by atoms with E-state index in [1.165, 1.54) is 55.0 Å². The molecule has 2 aromatic rings. The van der Waals surface area contributed by atoms with Crippen LogP contribution in [-0.4, -0.2) is 55.0 Å². The Morgan fingerprint density at radius 1 is 0.966 bits per heavy atom. The van der Waals surface area contributed by atoms with Gasteiger partial charge in [0.2, 0.25) is 5.91 Å². The van der Waals surface area contributed by atoms with Crippen molar-refractivity contribution in [3.05, 3.63) is 48.0 Å². The molecule has 1 saturated carbocycles. The van der Waals surface area contributed by atoms with Crippen molar-refractivity contribution < 1.29 is 4.79 Å². The molecule has 1 aliphatic carbocycles. The van der Waals surface area contributed by atoms with Crippen LogP contribution in [0, 0.1) is 5.92 Å². The third-order valence-corrected chi connectivity index (χ3v) is 6.74. The van der Waals surface area contributed by atoms with Gasteiger partial charge < -0.3 is 10.2 Å². The van der Waals surface area contributed by atoms with Crippen LogP contribution in [-0.2, 0) is 4.79 Å². The molecule has 0 spiro atoms. The molecular weight excluding hydrogens is 358 g/mol. The standard InChI is InChI=1S/C25H35N3O/c1-20(23-13-7-11-22-10-5-6-12-24(22)23)26-25(29)19-28-16-14-27(15-17-28)18-21-8-3-2-4-9-21/h5-7,10-13,20-21H,2-4,8-9,14-19H2,1H3,(H,26,29). The molecular formula is C25H35N3O. The van der Waals surface area contributed by atoms with Gasteiger partial charge in [0, 0.05) is 32.7 Å². The molecule has 2 aliphatic rings. The summed E-state index contributed by atoms with van der Waals surface area (Å²) in [7, 11) is 0. The van der Waals surface area contributed by atoms with E-state index in [0.29, 0.717) is 6.54 Å². The third kappa shape index (κ3) is 5.37. The number of piperazine rings is 1. The van der Waals surface area contributed by atoms with Crippen molar-refractivity contribution in [2.45, 2.75) is 45.1 Å². The van der Waals surface area contributed by atoms with E-state index in [-0.39, 0.29) is 11.9 Å². The van der Waals surface area contributed by atoms with E-state index in [1.807, 2.05) is 0 Å². The Kier molecular flexibility index (Phi) is 6.83. The average Bonchev–Trinajstić information content (AvgIpc) is 2.75. The monoisotopic (exact) mass is 393 g/mol. The fourth-order valence-corrected chi connectivity index (χ4v) is 5.06. The van der Waals surface area contributed by atoms with E-state index in [4.69, 9.17) is 0 Å². The van der Waals surface area contributed by atoms with E-state index in [2.05, 4.69) is 64.5 Å². The van der Waals surface area contributed by atoms with Gasteiger partial charge in [-0.15, -0.1) is 0 Å². The molecule has 1 saturated heterocycles. The summed E-state index contributed by atoms with van der Waals surface area (Å²) in [5.74, 6) is 1.03. The molecule has 0 aromatic heterocycles. The first kappa shape index (κ1) is 20.4. The van der Waals surface area contributed by atoms with Crippen LogP contribution in [0.5, 0.6) is 0 Å². The van der Waals surface area contributed by atoms with E-state index < -0.39 is 0 Å². The highest BCUT2D eigenvalue weighted by Crippen LogP contribution is 2.25. The molecule has 1 unspecified atom stereocenters. The van der Waals surface area contributed by atoms with Gasteiger partial charge in [-0.3, -0.25) is 9.69 Å². The van der Waals surface area contributed by atoms with Crippen LogP contribution in [0.25, 0.3) is 10.8 Å². The van der Waals surface area contributed by atoms with Gasteiger partial charge in [-0.05, 0) is 42.0 Å². The zero-order valence-electron chi connectivity index (χ0n) is 17.8. The Hall–Kier alpha value is -1.91. The Morgan fingerprint density at radius 3 is 2.45 bits per heavy atom. The number of nitrogens with zero attached hydrogens (tertiary/aromatic N) is 2. The lowest BCUT2D eigenvalue weighted by molar-refractivity contribution is -0.123. The molecule has 4 heteroatoms.